The average Bonchev–Trinajstić information content (AvgIpc) is 3.01. The van der Waals surface area contributed by atoms with Crippen LogP contribution in [0, 0.1) is 13.8 Å². The number of aromatic nitrogens is 2. The van der Waals surface area contributed by atoms with Gasteiger partial charge in [-0.1, -0.05) is 17.7 Å². The highest BCUT2D eigenvalue weighted by Crippen LogP contribution is 2.21. The normalized spacial score (nSPS) is 11.4. The Morgan fingerprint density at radius 2 is 1.70 bits per heavy atom. The van der Waals surface area contributed by atoms with Gasteiger partial charge in [-0.3, -0.25) is 9.40 Å². The van der Waals surface area contributed by atoms with Gasteiger partial charge >= 0.3 is 0 Å². The van der Waals surface area contributed by atoms with Crippen molar-refractivity contribution in [3.05, 3.63) is 71.5 Å². The van der Waals surface area contributed by atoms with Crippen molar-refractivity contribution in [3.8, 4) is 5.75 Å². The monoisotopic (exact) mass is 385 g/mol. The number of benzene rings is 2. The zero-order chi connectivity index (χ0) is 19.4. The van der Waals surface area contributed by atoms with Crippen LogP contribution in [-0.4, -0.2) is 18.2 Å². The molecule has 7 heteroatoms. The third-order valence-electron chi connectivity index (χ3n) is 4.20. The molecule has 0 radical (unpaired) electrons. The van der Waals surface area contributed by atoms with Gasteiger partial charge in [-0.15, -0.1) is 0 Å². The minimum absolute atomic E-state index is 0.233. The summed E-state index contributed by atoms with van der Waals surface area (Å²) in [6.45, 7) is 7.13. The van der Waals surface area contributed by atoms with E-state index < -0.39 is 10.0 Å². The molecule has 2 aromatic carbocycles. The van der Waals surface area contributed by atoms with Crippen LogP contribution in [-0.2, 0) is 23.2 Å². The van der Waals surface area contributed by atoms with Crippen molar-refractivity contribution in [2.45, 2.75) is 38.8 Å². The van der Waals surface area contributed by atoms with Gasteiger partial charge in [0.25, 0.3) is 10.0 Å². The van der Waals surface area contributed by atoms with Gasteiger partial charge in [0.15, 0.2) is 0 Å². The van der Waals surface area contributed by atoms with Crippen molar-refractivity contribution in [2.24, 2.45) is 0 Å². The van der Waals surface area contributed by atoms with Crippen LogP contribution >= 0.6 is 0 Å². The summed E-state index contributed by atoms with van der Waals surface area (Å²) in [5.74, 6) is 0.664. The first-order chi connectivity index (χ1) is 12.9. The zero-order valence-corrected chi connectivity index (χ0v) is 16.5. The number of hydrogen-bond donors (Lipinski definition) is 1. The number of nitrogens with one attached hydrogen (secondary N) is 1. The van der Waals surface area contributed by atoms with Crippen molar-refractivity contribution in [1.82, 2.24) is 9.78 Å². The summed E-state index contributed by atoms with van der Waals surface area (Å²) in [5.41, 5.74) is 3.47. The second-order valence-corrected chi connectivity index (χ2v) is 8.01. The largest absolute Gasteiger partial charge is 0.489 e. The fourth-order valence-corrected chi connectivity index (χ4v) is 3.63. The standard InChI is InChI=1S/C20H23N3O3S/c1-4-23-13-17(16(3)21-23)14-26-19-9-7-18(8-10-19)22-27(24,25)20-11-5-15(2)6-12-20/h5-13,22H,4,14H2,1-3H3. The molecule has 3 aromatic rings. The minimum atomic E-state index is -3.61. The fourth-order valence-electron chi connectivity index (χ4n) is 2.57. The number of sulfonamides is 1. The molecule has 1 heterocycles. The summed E-state index contributed by atoms with van der Waals surface area (Å²) in [6, 6.07) is 13.6. The highest BCUT2D eigenvalue weighted by Gasteiger charge is 2.13. The maximum absolute atomic E-state index is 12.4. The van der Waals surface area contributed by atoms with E-state index in [-0.39, 0.29) is 4.90 Å². The molecule has 0 bridgehead atoms. The van der Waals surface area contributed by atoms with Gasteiger partial charge in [0.2, 0.25) is 0 Å². The first-order valence-electron chi connectivity index (χ1n) is 8.72. The van der Waals surface area contributed by atoms with Gasteiger partial charge in [0.1, 0.15) is 12.4 Å². The fraction of sp³-hybridized carbons (Fsp3) is 0.250. The third-order valence-corrected chi connectivity index (χ3v) is 5.60. The Kier molecular flexibility index (Phi) is 5.51. The molecule has 0 saturated heterocycles. The molecule has 0 aliphatic rings. The summed E-state index contributed by atoms with van der Waals surface area (Å²) in [5, 5.41) is 4.39. The van der Waals surface area contributed by atoms with Crippen LogP contribution in [0.2, 0.25) is 0 Å². The van der Waals surface area contributed by atoms with Crippen molar-refractivity contribution < 1.29 is 13.2 Å². The number of ether oxygens (including phenoxy) is 1. The minimum Gasteiger partial charge on any atom is -0.489 e. The smallest absolute Gasteiger partial charge is 0.261 e. The predicted octanol–water partition coefficient (Wildman–Crippen LogP) is 3.90. The van der Waals surface area contributed by atoms with Gasteiger partial charge in [0.05, 0.1) is 10.6 Å². The molecule has 0 aliphatic carbocycles. The van der Waals surface area contributed by atoms with Crippen LogP contribution in [0.5, 0.6) is 5.75 Å². The lowest BCUT2D eigenvalue weighted by Gasteiger charge is -2.10. The van der Waals surface area contributed by atoms with E-state index in [4.69, 9.17) is 4.74 Å². The quantitative estimate of drug-likeness (QED) is 0.669. The number of nitrogens with zero attached hydrogens (tertiary/aromatic N) is 2. The topological polar surface area (TPSA) is 73.2 Å². The third kappa shape index (κ3) is 4.68. The van der Waals surface area contributed by atoms with E-state index in [1.165, 1.54) is 0 Å². The van der Waals surface area contributed by atoms with E-state index in [1.807, 2.05) is 31.6 Å². The summed E-state index contributed by atoms with van der Waals surface area (Å²) >= 11 is 0. The van der Waals surface area contributed by atoms with Gasteiger partial charge in [0, 0.05) is 24.0 Å². The van der Waals surface area contributed by atoms with E-state index in [9.17, 15) is 8.42 Å². The number of rotatable bonds is 7. The predicted molar refractivity (Wildman–Crippen MR) is 105 cm³/mol. The maximum atomic E-state index is 12.4. The van der Waals surface area contributed by atoms with Crippen molar-refractivity contribution in [2.75, 3.05) is 4.72 Å². The summed E-state index contributed by atoms with van der Waals surface area (Å²) in [6.07, 6.45) is 1.97. The van der Waals surface area contributed by atoms with E-state index >= 15 is 0 Å². The molecule has 142 valence electrons. The zero-order valence-electron chi connectivity index (χ0n) is 15.6. The van der Waals surface area contributed by atoms with E-state index in [0.717, 1.165) is 23.4 Å². The summed E-state index contributed by atoms with van der Waals surface area (Å²) < 4.78 is 35.1. The maximum Gasteiger partial charge on any atom is 0.261 e. The Hall–Kier alpha value is -2.80. The Morgan fingerprint density at radius 3 is 2.30 bits per heavy atom. The van der Waals surface area contributed by atoms with Crippen LogP contribution in [0.4, 0.5) is 5.69 Å². The van der Waals surface area contributed by atoms with Gasteiger partial charge in [-0.25, -0.2) is 8.42 Å². The molecule has 0 amide bonds. The summed E-state index contributed by atoms with van der Waals surface area (Å²) in [7, 11) is -3.61. The first-order valence-corrected chi connectivity index (χ1v) is 10.2. The lowest BCUT2D eigenvalue weighted by atomic mass is 10.2. The Morgan fingerprint density at radius 1 is 1.04 bits per heavy atom. The van der Waals surface area contributed by atoms with Crippen LogP contribution in [0.15, 0.2) is 59.6 Å². The molecule has 0 spiro atoms. The van der Waals surface area contributed by atoms with Gasteiger partial charge in [-0.05, 0) is 57.2 Å². The number of anilines is 1. The molecular formula is C20H23N3O3S. The summed E-state index contributed by atoms with van der Waals surface area (Å²) in [4.78, 5) is 0.233. The Bertz CT molecular complexity index is 1010. The van der Waals surface area contributed by atoms with Crippen molar-refractivity contribution in [3.63, 3.8) is 0 Å². The van der Waals surface area contributed by atoms with Crippen LogP contribution in [0.25, 0.3) is 0 Å². The van der Waals surface area contributed by atoms with E-state index in [2.05, 4.69) is 9.82 Å². The average molecular weight is 385 g/mol. The molecule has 1 N–H and O–H groups in total. The molecule has 0 fully saturated rings. The van der Waals surface area contributed by atoms with E-state index in [0.29, 0.717) is 18.0 Å². The van der Waals surface area contributed by atoms with E-state index in [1.54, 1.807) is 48.5 Å². The van der Waals surface area contributed by atoms with Crippen LogP contribution in [0.1, 0.15) is 23.7 Å². The first kappa shape index (κ1) is 19.0. The molecule has 0 aliphatic heterocycles. The number of hydrogen-bond acceptors (Lipinski definition) is 4. The van der Waals surface area contributed by atoms with Crippen LogP contribution in [0.3, 0.4) is 0 Å². The molecule has 3 rings (SSSR count). The van der Waals surface area contributed by atoms with Crippen molar-refractivity contribution in [1.29, 1.82) is 0 Å². The molecule has 1 aromatic heterocycles. The molecule has 0 unspecified atom stereocenters. The second kappa shape index (κ2) is 7.84. The Labute approximate surface area is 159 Å². The molecule has 27 heavy (non-hydrogen) atoms. The number of aryl methyl sites for hydroxylation is 3. The molecular weight excluding hydrogens is 362 g/mol. The Balaban J connectivity index is 1.64. The SMILES string of the molecule is CCn1cc(COc2ccc(NS(=O)(=O)c3ccc(C)cc3)cc2)c(C)n1. The lowest BCUT2D eigenvalue weighted by Crippen LogP contribution is -2.12. The second-order valence-electron chi connectivity index (χ2n) is 6.33. The van der Waals surface area contributed by atoms with Gasteiger partial charge < -0.3 is 4.74 Å². The molecule has 0 saturated carbocycles. The highest BCUT2D eigenvalue weighted by atomic mass is 32.2. The van der Waals surface area contributed by atoms with Crippen LogP contribution < -0.4 is 9.46 Å². The lowest BCUT2D eigenvalue weighted by molar-refractivity contribution is 0.305. The highest BCUT2D eigenvalue weighted by molar-refractivity contribution is 7.92. The molecule has 6 nitrogen and oxygen atoms in total. The van der Waals surface area contributed by atoms with Crippen molar-refractivity contribution >= 4 is 15.7 Å². The molecule has 0 atom stereocenters. The van der Waals surface area contributed by atoms with Gasteiger partial charge in [-0.2, -0.15) is 5.10 Å².